The Morgan fingerprint density at radius 2 is 1.25 bits per heavy atom. The highest BCUT2D eigenvalue weighted by Crippen LogP contribution is 2.24. The molecule has 2 aromatic carbocycles. The van der Waals surface area contributed by atoms with Gasteiger partial charge in [0.1, 0.15) is 10.5 Å². The lowest BCUT2D eigenvalue weighted by molar-refractivity contribution is 0.332. The molecule has 0 aliphatic heterocycles. The first-order valence-corrected chi connectivity index (χ1v) is 6.32. The first kappa shape index (κ1) is 11.1. The summed E-state index contributed by atoms with van der Waals surface area (Å²) in [6.07, 6.45) is 0. The molecule has 0 N–H and O–H groups in total. The fourth-order valence-corrected chi connectivity index (χ4v) is 2.26. The van der Waals surface area contributed by atoms with Crippen LogP contribution in [-0.2, 0) is 4.43 Å². The zero-order chi connectivity index (χ0) is 11.2. The molecule has 0 aliphatic rings. The van der Waals surface area contributed by atoms with Gasteiger partial charge in [-0.05, 0) is 11.1 Å². The number of rotatable bonds is 4. The summed E-state index contributed by atoms with van der Waals surface area (Å²) in [5.74, 6) is 0.361. The van der Waals surface area contributed by atoms with Gasteiger partial charge in [-0.1, -0.05) is 60.7 Å². The van der Waals surface area contributed by atoms with Crippen LogP contribution in [0.15, 0.2) is 60.7 Å². The number of benzene rings is 2. The van der Waals surface area contributed by atoms with Gasteiger partial charge in [-0.15, -0.1) is 0 Å². The van der Waals surface area contributed by atoms with Gasteiger partial charge < -0.3 is 4.43 Å². The Bertz CT molecular complexity index is 374. The molecule has 1 nitrogen and oxygen atoms in total. The Kier molecular flexibility index (Phi) is 3.91. The topological polar surface area (TPSA) is 9.23 Å². The molecule has 0 heterocycles. The van der Waals surface area contributed by atoms with Gasteiger partial charge in [0.2, 0.25) is 0 Å². The molecule has 0 spiro atoms. The van der Waals surface area contributed by atoms with Crippen LogP contribution in [0.4, 0.5) is 0 Å². The molecular formula is C14H16OSi. The zero-order valence-electron chi connectivity index (χ0n) is 9.47. The lowest BCUT2D eigenvalue weighted by atomic mass is 9.92. The van der Waals surface area contributed by atoms with Gasteiger partial charge in [-0.25, -0.2) is 0 Å². The summed E-state index contributed by atoms with van der Waals surface area (Å²) in [7, 11) is 0.789. The largest absolute Gasteiger partial charge is 0.427 e. The minimum atomic E-state index is 0.361. The van der Waals surface area contributed by atoms with Crippen LogP contribution in [0.25, 0.3) is 0 Å². The zero-order valence-corrected chi connectivity index (χ0v) is 11.5. The van der Waals surface area contributed by atoms with Gasteiger partial charge in [0.15, 0.2) is 0 Å². The molecule has 0 aromatic heterocycles. The third-order valence-corrected chi connectivity index (χ3v) is 3.07. The van der Waals surface area contributed by atoms with Crippen LogP contribution < -0.4 is 0 Å². The molecule has 2 rings (SSSR count). The van der Waals surface area contributed by atoms with E-state index in [0.29, 0.717) is 5.92 Å². The molecule has 0 atom stereocenters. The SMILES string of the molecule is [SiH3]OCC(c1ccccc1)c1ccccc1. The molecule has 0 bridgehead atoms. The van der Waals surface area contributed by atoms with Crippen molar-refractivity contribution in [1.82, 2.24) is 0 Å². The molecular weight excluding hydrogens is 212 g/mol. The maximum atomic E-state index is 5.45. The van der Waals surface area contributed by atoms with Gasteiger partial charge in [0.25, 0.3) is 0 Å². The van der Waals surface area contributed by atoms with Crippen LogP contribution in [0.2, 0.25) is 0 Å². The Hall–Kier alpha value is -1.38. The minimum Gasteiger partial charge on any atom is -0.427 e. The molecule has 0 aliphatic carbocycles. The smallest absolute Gasteiger partial charge is 0.146 e. The molecule has 0 saturated carbocycles. The van der Waals surface area contributed by atoms with Gasteiger partial charge in [-0.3, -0.25) is 0 Å². The average molecular weight is 228 g/mol. The van der Waals surface area contributed by atoms with E-state index in [4.69, 9.17) is 4.43 Å². The highest BCUT2D eigenvalue weighted by molar-refractivity contribution is 5.98. The lowest BCUT2D eigenvalue weighted by Crippen LogP contribution is -2.08. The van der Waals surface area contributed by atoms with Crippen molar-refractivity contribution in [3.05, 3.63) is 71.8 Å². The second-order valence-electron chi connectivity index (χ2n) is 3.83. The molecule has 82 valence electrons. The molecule has 0 unspecified atom stereocenters. The van der Waals surface area contributed by atoms with Crippen LogP contribution in [0.5, 0.6) is 0 Å². The average Bonchev–Trinajstić information content (AvgIpc) is 2.38. The first-order valence-electron chi connectivity index (χ1n) is 5.50. The van der Waals surface area contributed by atoms with Crippen LogP contribution in [0.1, 0.15) is 17.0 Å². The fourth-order valence-electron chi connectivity index (χ4n) is 1.92. The van der Waals surface area contributed by atoms with Crippen molar-refractivity contribution in [2.75, 3.05) is 6.61 Å². The van der Waals surface area contributed by atoms with Crippen LogP contribution in [0.3, 0.4) is 0 Å². The summed E-state index contributed by atoms with van der Waals surface area (Å²) in [5, 5.41) is 0. The van der Waals surface area contributed by atoms with Gasteiger partial charge in [0.05, 0.1) is 0 Å². The van der Waals surface area contributed by atoms with E-state index in [-0.39, 0.29) is 0 Å². The normalized spacial score (nSPS) is 10.8. The van der Waals surface area contributed by atoms with Crippen molar-refractivity contribution in [3.8, 4) is 0 Å². The van der Waals surface area contributed by atoms with Crippen molar-refractivity contribution >= 4 is 10.5 Å². The molecule has 0 saturated heterocycles. The summed E-state index contributed by atoms with van der Waals surface area (Å²) >= 11 is 0. The van der Waals surface area contributed by atoms with Crippen LogP contribution in [0, 0.1) is 0 Å². The van der Waals surface area contributed by atoms with E-state index >= 15 is 0 Å². The lowest BCUT2D eigenvalue weighted by Gasteiger charge is -2.17. The summed E-state index contributed by atoms with van der Waals surface area (Å²) in [5.41, 5.74) is 2.65. The van der Waals surface area contributed by atoms with E-state index in [1.165, 1.54) is 11.1 Å². The summed E-state index contributed by atoms with van der Waals surface area (Å²) in [6.45, 7) is 0.778. The fraction of sp³-hybridized carbons (Fsp3) is 0.143. The Labute approximate surface area is 99.6 Å². The third-order valence-electron chi connectivity index (χ3n) is 2.74. The number of hydrogen-bond acceptors (Lipinski definition) is 1. The van der Waals surface area contributed by atoms with Crippen LogP contribution >= 0.6 is 0 Å². The monoisotopic (exact) mass is 228 g/mol. The van der Waals surface area contributed by atoms with E-state index in [1.54, 1.807) is 0 Å². The predicted octanol–water partition coefficient (Wildman–Crippen LogP) is 2.12. The van der Waals surface area contributed by atoms with Gasteiger partial charge >= 0.3 is 0 Å². The van der Waals surface area contributed by atoms with Crippen molar-refractivity contribution in [3.63, 3.8) is 0 Å². The van der Waals surface area contributed by atoms with Crippen molar-refractivity contribution < 1.29 is 4.43 Å². The quantitative estimate of drug-likeness (QED) is 0.728. The maximum Gasteiger partial charge on any atom is 0.146 e. The highest BCUT2D eigenvalue weighted by Gasteiger charge is 2.12. The van der Waals surface area contributed by atoms with Gasteiger partial charge in [0, 0.05) is 12.5 Å². The Morgan fingerprint density at radius 3 is 1.62 bits per heavy atom. The molecule has 2 aromatic rings. The van der Waals surface area contributed by atoms with Gasteiger partial charge in [-0.2, -0.15) is 0 Å². The van der Waals surface area contributed by atoms with E-state index in [0.717, 1.165) is 17.1 Å². The molecule has 0 amide bonds. The summed E-state index contributed by atoms with van der Waals surface area (Å²) < 4.78 is 5.45. The molecule has 2 heteroatoms. The van der Waals surface area contributed by atoms with Crippen LogP contribution in [-0.4, -0.2) is 17.1 Å². The maximum absolute atomic E-state index is 5.45. The van der Waals surface area contributed by atoms with E-state index in [1.807, 2.05) is 12.1 Å². The van der Waals surface area contributed by atoms with E-state index in [2.05, 4.69) is 48.5 Å². The summed E-state index contributed by atoms with van der Waals surface area (Å²) in [6, 6.07) is 21.1. The minimum absolute atomic E-state index is 0.361. The van der Waals surface area contributed by atoms with E-state index in [9.17, 15) is 0 Å². The van der Waals surface area contributed by atoms with E-state index < -0.39 is 0 Å². The second-order valence-corrected chi connectivity index (χ2v) is 4.41. The Morgan fingerprint density at radius 1 is 0.812 bits per heavy atom. The van der Waals surface area contributed by atoms with Crippen molar-refractivity contribution in [2.24, 2.45) is 0 Å². The third kappa shape index (κ3) is 2.59. The standard InChI is InChI=1S/C14H16OSi/c16-15-11-14(12-7-3-1-4-8-12)13-9-5-2-6-10-13/h1-10,14H,11H2,16H3. The number of hydrogen-bond donors (Lipinski definition) is 0. The van der Waals surface area contributed by atoms with Crippen molar-refractivity contribution in [1.29, 1.82) is 0 Å². The van der Waals surface area contributed by atoms with Crippen molar-refractivity contribution in [2.45, 2.75) is 5.92 Å². The highest BCUT2D eigenvalue weighted by atomic mass is 28.2. The summed E-state index contributed by atoms with van der Waals surface area (Å²) in [4.78, 5) is 0. The first-order chi connectivity index (χ1) is 7.92. The second kappa shape index (κ2) is 5.63. The predicted molar refractivity (Wildman–Crippen MR) is 70.6 cm³/mol. The molecule has 0 radical (unpaired) electrons. The Balaban J connectivity index is 2.31. The molecule has 0 fully saturated rings. The molecule has 16 heavy (non-hydrogen) atoms.